The summed E-state index contributed by atoms with van der Waals surface area (Å²) in [5.41, 5.74) is 3.71. The molecule has 0 fully saturated rings. The first-order chi connectivity index (χ1) is 12.7. The van der Waals surface area contributed by atoms with Crippen molar-refractivity contribution in [3.8, 4) is 29.0 Å². The van der Waals surface area contributed by atoms with Gasteiger partial charge in [-0.2, -0.15) is 10.5 Å². The Morgan fingerprint density at radius 1 is 0.808 bits per heavy atom. The molecular formula is C23H26N2O. The van der Waals surface area contributed by atoms with Crippen molar-refractivity contribution in [1.29, 1.82) is 10.5 Å². The van der Waals surface area contributed by atoms with Crippen molar-refractivity contribution in [2.24, 2.45) is 0 Å². The van der Waals surface area contributed by atoms with Gasteiger partial charge in [0.1, 0.15) is 17.9 Å². The lowest BCUT2D eigenvalue weighted by Gasteiger charge is -2.11. The molecule has 26 heavy (non-hydrogen) atoms. The van der Waals surface area contributed by atoms with E-state index in [4.69, 9.17) is 4.74 Å². The van der Waals surface area contributed by atoms with Gasteiger partial charge in [-0.25, -0.2) is 0 Å². The number of nitrogens with zero attached hydrogens (tertiary/aromatic N) is 2. The second kappa shape index (κ2) is 10.3. The summed E-state index contributed by atoms with van der Waals surface area (Å²) in [6, 6.07) is 16.2. The first-order valence-corrected chi connectivity index (χ1v) is 9.44. The predicted molar refractivity (Wildman–Crippen MR) is 105 cm³/mol. The molecule has 3 heteroatoms. The molecule has 0 atom stereocenters. The van der Waals surface area contributed by atoms with Crippen molar-refractivity contribution in [3.63, 3.8) is 0 Å². The van der Waals surface area contributed by atoms with E-state index in [1.165, 1.54) is 25.7 Å². The van der Waals surface area contributed by atoms with Crippen molar-refractivity contribution in [2.75, 3.05) is 6.61 Å². The fraction of sp³-hybridized carbons (Fsp3) is 0.391. The Bertz CT molecular complexity index is 795. The van der Waals surface area contributed by atoms with Crippen LogP contribution in [0.4, 0.5) is 0 Å². The van der Waals surface area contributed by atoms with Crippen LogP contribution in [0, 0.1) is 22.7 Å². The Labute approximate surface area is 156 Å². The molecule has 0 amide bonds. The summed E-state index contributed by atoms with van der Waals surface area (Å²) in [7, 11) is 0. The quantitative estimate of drug-likeness (QED) is 0.522. The van der Waals surface area contributed by atoms with E-state index in [0.29, 0.717) is 17.7 Å². The Morgan fingerprint density at radius 2 is 1.50 bits per heavy atom. The van der Waals surface area contributed by atoms with Crippen LogP contribution in [0.25, 0.3) is 11.1 Å². The summed E-state index contributed by atoms with van der Waals surface area (Å²) in [5.74, 6) is 0.805. The van der Waals surface area contributed by atoms with Crippen LogP contribution in [0.15, 0.2) is 36.4 Å². The molecular weight excluding hydrogens is 320 g/mol. The maximum Gasteiger partial charge on any atom is 0.119 e. The minimum Gasteiger partial charge on any atom is -0.494 e. The molecule has 0 unspecified atom stereocenters. The molecule has 0 saturated carbocycles. The first-order valence-electron chi connectivity index (χ1n) is 9.44. The van der Waals surface area contributed by atoms with Crippen LogP contribution in [0.1, 0.15) is 62.6 Å². The lowest BCUT2D eigenvalue weighted by Crippen LogP contribution is -1.98. The highest BCUT2D eigenvalue weighted by Gasteiger charge is 2.14. The van der Waals surface area contributed by atoms with Gasteiger partial charge in [0.2, 0.25) is 0 Å². The zero-order valence-corrected chi connectivity index (χ0v) is 15.7. The number of hydrogen-bond donors (Lipinski definition) is 0. The van der Waals surface area contributed by atoms with Crippen LogP contribution in [-0.4, -0.2) is 6.61 Å². The lowest BCUT2D eigenvalue weighted by molar-refractivity contribution is 0.340. The molecule has 0 spiro atoms. The van der Waals surface area contributed by atoms with Crippen molar-refractivity contribution in [3.05, 3.63) is 53.1 Å². The summed E-state index contributed by atoms with van der Waals surface area (Å²) in [5, 5.41) is 19.3. The van der Waals surface area contributed by atoms with Gasteiger partial charge in [-0.1, -0.05) is 56.9 Å². The summed E-state index contributed by atoms with van der Waals surface area (Å²) < 4.78 is 5.47. The molecule has 0 aliphatic rings. The highest BCUT2D eigenvalue weighted by Crippen LogP contribution is 2.30. The molecule has 2 aromatic rings. The minimum atomic E-state index is 0.475. The Hall–Kier alpha value is -2.78. The van der Waals surface area contributed by atoms with E-state index in [9.17, 15) is 10.5 Å². The second-order valence-electron chi connectivity index (χ2n) is 6.37. The number of nitriles is 2. The van der Waals surface area contributed by atoms with E-state index in [-0.39, 0.29) is 0 Å². The molecule has 0 radical (unpaired) electrons. The van der Waals surface area contributed by atoms with Crippen LogP contribution >= 0.6 is 0 Å². The molecule has 0 aliphatic heterocycles. The maximum atomic E-state index is 9.67. The van der Waals surface area contributed by atoms with Crippen molar-refractivity contribution < 1.29 is 4.74 Å². The van der Waals surface area contributed by atoms with Crippen LogP contribution < -0.4 is 4.74 Å². The normalized spacial score (nSPS) is 10.2. The average molecular weight is 346 g/mol. The highest BCUT2D eigenvalue weighted by molar-refractivity contribution is 5.75. The number of benzene rings is 2. The van der Waals surface area contributed by atoms with Gasteiger partial charge in [0, 0.05) is 5.56 Å². The Balaban J connectivity index is 2.26. The molecule has 3 nitrogen and oxygen atoms in total. The lowest BCUT2D eigenvalue weighted by atomic mass is 9.91. The number of hydrogen-bond acceptors (Lipinski definition) is 3. The molecule has 0 aliphatic carbocycles. The van der Waals surface area contributed by atoms with Gasteiger partial charge in [-0.15, -0.1) is 0 Å². The van der Waals surface area contributed by atoms with E-state index in [0.717, 1.165) is 35.3 Å². The number of unbranched alkanes of at least 4 members (excludes halogenated alkanes) is 4. The van der Waals surface area contributed by atoms with Crippen molar-refractivity contribution in [2.45, 2.75) is 52.4 Å². The summed E-state index contributed by atoms with van der Waals surface area (Å²) in [6.07, 6.45) is 6.78. The van der Waals surface area contributed by atoms with Crippen molar-refractivity contribution in [1.82, 2.24) is 0 Å². The predicted octanol–water partition coefficient (Wildman–Crippen LogP) is 6.01. The molecule has 0 bridgehead atoms. The van der Waals surface area contributed by atoms with Gasteiger partial charge in [0.15, 0.2) is 0 Å². The number of ether oxygens (including phenoxy) is 1. The number of aryl methyl sites for hydroxylation is 1. The molecule has 0 N–H and O–H groups in total. The van der Waals surface area contributed by atoms with Gasteiger partial charge in [-0.3, -0.25) is 0 Å². The van der Waals surface area contributed by atoms with Gasteiger partial charge >= 0.3 is 0 Å². The van der Waals surface area contributed by atoms with Crippen LogP contribution in [-0.2, 0) is 6.42 Å². The zero-order chi connectivity index (χ0) is 18.8. The standard InChI is InChI=1S/C23H26N2O/c1-3-5-6-7-8-9-18-12-15-21(23(17-25)22(18)16-24)19-10-13-20(14-11-19)26-4-2/h10-15H,3-9H2,1-2H3. The van der Waals surface area contributed by atoms with E-state index in [1.807, 2.05) is 43.3 Å². The minimum absolute atomic E-state index is 0.475. The Kier molecular flexibility index (Phi) is 7.72. The SMILES string of the molecule is CCCCCCCc1ccc(-c2ccc(OCC)cc2)c(C#N)c1C#N. The van der Waals surface area contributed by atoms with Gasteiger partial charge in [-0.05, 0) is 43.0 Å². The van der Waals surface area contributed by atoms with Gasteiger partial charge in [0.25, 0.3) is 0 Å². The smallest absolute Gasteiger partial charge is 0.119 e. The van der Waals surface area contributed by atoms with Crippen LogP contribution in [0.3, 0.4) is 0 Å². The maximum absolute atomic E-state index is 9.67. The van der Waals surface area contributed by atoms with E-state index < -0.39 is 0 Å². The van der Waals surface area contributed by atoms with E-state index in [2.05, 4.69) is 19.1 Å². The summed E-state index contributed by atoms with van der Waals surface area (Å²) in [6.45, 7) is 4.77. The van der Waals surface area contributed by atoms with E-state index >= 15 is 0 Å². The third-order valence-corrected chi connectivity index (χ3v) is 4.54. The monoisotopic (exact) mass is 346 g/mol. The molecule has 2 aromatic carbocycles. The topological polar surface area (TPSA) is 56.8 Å². The fourth-order valence-corrected chi connectivity index (χ4v) is 3.15. The third-order valence-electron chi connectivity index (χ3n) is 4.54. The van der Waals surface area contributed by atoms with Crippen molar-refractivity contribution >= 4 is 0 Å². The zero-order valence-electron chi connectivity index (χ0n) is 15.7. The first kappa shape index (κ1) is 19.5. The third kappa shape index (κ3) is 4.87. The molecule has 0 saturated heterocycles. The highest BCUT2D eigenvalue weighted by atomic mass is 16.5. The summed E-state index contributed by atoms with van der Waals surface area (Å²) in [4.78, 5) is 0. The van der Waals surface area contributed by atoms with Gasteiger partial charge in [0.05, 0.1) is 17.7 Å². The molecule has 2 rings (SSSR count). The van der Waals surface area contributed by atoms with E-state index in [1.54, 1.807) is 0 Å². The van der Waals surface area contributed by atoms with Crippen LogP contribution in [0.5, 0.6) is 5.75 Å². The van der Waals surface area contributed by atoms with Gasteiger partial charge < -0.3 is 4.74 Å². The largest absolute Gasteiger partial charge is 0.494 e. The Morgan fingerprint density at radius 3 is 2.12 bits per heavy atom. The fourth-order valence-electron chi connectivity index (χ4n) is 3.15. The van der Waals surface area contributed by atoms with Crippen LogP contribution in [0.2, 0.25) is 0 Å². The molecule has 134 valence electrons. The molecule has 0 heterocycles. The molecule has 0 aromatic heterocycles. The second-order valence-corrected chi connectivity index (χ2v) is 6.37. The number of rotatable bonds is 9. The average Bonchev–Trinajstić information content (AvgIpc) is 2.68. The summed E-state index contributed by atoms with van der Waals surface area (Å²) >= 11 is 0.